The molecule has 7 heteroatoms. The van der Waals surface area contributed by atoms with E-state index in [1.807, 2.05) is 31.3 Å². The molecule has 0 radical (unpaired) electrons. The zero-order valence-corrected chi connectivity index (χ0v) is 17.4. The van der Waals surface area contributed by atoms with Gasteiger partial charge in [-0.15, -0.1) is 0 Å². The summed E-state index contributed by atoms with van der Waals surface area (Å²) in [5.41, 5.74) is 3.22. The Hall–Kier alpha value is -3.61. The van der Waals surface area contributed by atoms with E-state index in [9.17, 15) is 4.79 Å². The average molecular weight is 403 g/mol. The largest absolute Gasteiger partial charge is 0.497 e. The van der Waals surface area contributed by atoms with Crippen molar-refractivity contribution in [2.45, 2.75) is 33.4 Å². The number of imidazole rings is 2. The Morgan fingerprint density at radius 3 is 2.63 bits per heavy atom. The summed E-state index contributed by atoms with van der Waals surface area (Å²) in [6, 6.07) is 12.9. The highest BCUT2D eigenvalue weighted by Gasteiger charge is 2.13. The zero-order chi connectivity index (χ0) is 21.1. The van der Waals surface area contributed by atoms with Crippen LogP contribution in [0.4, 0.5) is 5.69 Å². The molecule has 2 aromatic carbocycles. The van der Waals surface area contributed by atoms with E-state index in [4.69, 9.17) is 9.72 Å². The molecule has 0 atom stereocenters. The molecule has 154 valence electrons. The Labute approximate surface area is 175 Å². The van der Waals surface area contributed by atoms with E-state index in [0.717, 1.165) is 47.1 Å². The number of carbonyl (C=O) groups is 1. The van der Waals surface area contributed by atoms with Crippen LogP contribution in [0.1, 0.15) is 35.4 Å². The van der Waals surface area contributed by atoms with Gasteiger partial charge in [0.2, 0.25) is 0 Å². The molecule has 0 unspecified atom stereocenters. The van der Waals surface area contributed by atoms with Gasteiger partial charge in [0.15, 0.2) is 0 Å². The normalized spacial score (nSPS) is 11.0. The van der Waals surface area contributed by atoms with Crippen molar-refractivity contribution in [2.24, 2.45) is 0 Å². The van der Waals surface area contributed by atoms with Gasteiger partial charge in [0.05, 0.1) is 24.7 Å². The van der Waals surface area contributed by atoms with E-state index in [1.54, 1.807) is 37.6 Å². The summed E-state index contributed by atoms with van der Waals surface area (Å²) in [5, 5.41) is 2.96. The van der Waals surface area contributed by atoms with Crippen molar-refractivity contribution in [3.63, 3.8) is 0 Å². The monoisotopic (exact) mass is 403 g/mol. The first-order valence-corrected chi connectivity index (χ1v) is 10.0. The lowest BCUT2D eigenvalue weighted by atomic mass is 10.2. The maximum atomic E-state index is 12.6. The summed E-state index contributed by atoms with van der Waals surface area (Å²) in [5.74, 6) is 2.48. The van der Waals surface area contributed by atoms with E-state index in [-0.39, 0.29) is 5.91 Å². The molecule has 1 N–H and O–H groups in total. The molecule has 30 heavy (non-hydrogen) atoms. The van der Waals surface area contributed by atoms with E-state index < -0.39 is 0 Å². The molecule has 1 amide bonds. The van der Waals surface area contributed by atoms with Crippen molar-refractivity contribution in [2.75, 3.05) is 12.4 Å². The number of fused-ring (bicyclic) bond motifs is 1. The van der Waals surface area contributed by atoms with Crippen LogP contribution in [-0.2, 0) is 13.1 Å². The molecular formula is C23H25N5O2. The third-order valence-electron chi connectivity index (χ3n) is 5.12. The Morgan fingerprint density at radius 1 is 1.17 bits per heavy atom. The summed E-state index contributed by atoms with van der Waals surface area (Å²) >= 11 is 0. The Morgan fingerprint density at radius 2 is 1.97 bits per heavy atom. The topological polar surface area (TPSA) is 74.0 Å². The van der Waals surface area contributed by atoms with Crippen LogP contribution in [0, 0.1) is 6.92 Å². The number of benzene rings is 2. The maximum absolute atomic E-state index is 12.6. The van der Waals surface area contributed by atoms with Crippen molar-refractivity contribution < 1.29 is 9.53 Å². The molecule has 0 aliphatic rings. The summed E-state index contributed by atoms with van der Waals surface area (Å²) in [6.07, 6.45) is 4.78. The first-order valence-electron chi connectivity index (χ1n) is 10.0. The lowest BCUT2D eigenvalue weighted by Gasteiger charge is -2.10. The fourth-order valence-corrected chi connectivity index (χ4v) is 3.52. The van der Waals surface area contributed by atoms with Crippen LogP contribution < -0.4 is 10.1 Å². The quantitative estimate of drug-likeness (QED) is 0.500. The van der Waals surface area contributed by atoms with Gasteiger partial charge in [-0.3, -0.25) is 4.79 Å². The Kier molecular flexibility index (Phi) is 5.52. The molecule has 2 heterocycles. The highest BCUT2D eigenvalue weighted by Crippen LogP contribution is 2.23. The highest BCUT2D eigenvalue weighted by atomic mass is 16.5. The first kappa shape index (κ1) is 19.7. The molecule has 7 nitrogen and oxygen atoms in total. The van der Waals surface area contributed by atoms with Gasteiger partial charge in [0.1, 0.15) is 17.4 Å². The van der Waals surface area contributed by atoms with Crippen molar-refractivity contribution in [1.82, 2.24) is 19.1 Å². The second kappa shape index (κ2) is 8.41. The van der Waals surface area contributed by atoms with Crippen molar-refractivity contribution in [3.05, 3.63) is 72.1 Å². The number of anilines is 1. The van der Waals surface area contributed by atoms with Gasteiger partial charge in [-0.2, -0.15) is 0 Å². The standard InChI is InChI=1S/C23H25N5O2/c1-4-12-28-21-10-7-18(25-23(29)17-5-8-19(30-3)9-6-17)14-20(21)26-22(28)15-27-13-11-24-16(27)2/h5-11,13-14H,4,12,15H2,1-3H3,(H,25,29). The molecule has 2 aromatic heterocycles. The summed E-state index contributed by atoms with van der Waals surface area (Å²) in [6.45, 7) is 5.69. The Balaban J connectivity index is 1.61. The van der Waals surface area contributed by atoms with E-state index in [0.29, 0.717) is 12.1 Å². The number of nitrogens with zero attached hydrogens (tertiary/aromatic N) is 4. The van der Waals surface area contributed by atoms with Gasteiger partial charge < -0.3 is 19.2 Å². The average Bonchev–Trinajstić information content (AvgIpc) is 3.31. The number of aryl methyl sites for hydroxylation is 2. The van der Waals surface area contributed by atoms with Gasteiger partial charge in [-0.1, -0.05) is 6.92 Å². The molecule has 0 bridgehead atoms. The van der Waals surface area contributed by atoms with E-state index in [1.165, 1.54) is 0 Å². The molecule has 0 fully saturated rings. The van der Waals surface area contributed by atoms with Crippen molar-refractivity contribution >= 4 is 22.6 Å². The second-order valence-corrected chi connectivity index (χ2v) is 7.17. The number of hydrogen-bond donors (Lipinski definition) is 1. The SMILES string of the molecule is CCCn1c(Cn2ccnc2C)nc2cc(NC(=O)c3ccc(OC)cc3)ccc21. The molecule has 0 aliphatic heterocycles. The third-order valence-corrected chi connectivity index (χ3v) is 5.12. The zero-order valence-electron chi connectivity index (χ0n) is 17.4. The number of aromatic nitrogens is 4. The number of carbonyl (C=O) groups excluding carboxylic acids is 1. The highest BCUT2D eigenvalue weighted by molar-refractivity contribution is 6.05. The van der Waals surface area contributed by atoms with Gasteiger partial charge in [-0.05, 0) is 55.8 Å². The lowest BCUT2D eigenvalue weighted by Crippen LogP contribution is -2.11. The number of nitrogens with one attached hydrogen (secondary N) is 1. The maximum Gasteiger partial charge on any atom is 0.255 e. The molecular weight excluding hydrogens is 378 g/mol. The van der Waals surface area contributed by atoms with Crippen LogP contribution in [0.3, 0.4) is 0 Å². The van der Waals surface area contributed by atoms with Gasteiger partial charge in [0.25, 0.3) is 5.91 Å². The number of ether oxygens (including phenoxy) is 1. The lowest BCUT2D eigenvalue weighted by molar-refractivity contribution is 0.102. The second-order valence-electron chi connectivity index (χ2n) is 7.17. The predicted octanol–water partition coefficient (Wildman–Crippen LogP) is 4.26. The molecule has 0 spiro atoms. The van der Waals surface area contributed by atoms with Crippen molar-refractivity contribution in [1.29, 1.82) is 0 Å². The van der Waals surface area contributed by atoms with Gasteiger partial charge >= 0.3 is 0 Å². The van der Waals surface area contributed by atoms with Crippen LogP contribution in [0.15, 0.2) is 54.9 Å². The van der Waals surface area contributed by atoms with Crippen LogP contribution in [0.25, 0.3) is 11.0 Å². The fourth-order valence-electron chi connectivity index (χ4n) is 3.52. The van der Waals surface area contributed by atoms with Crippen molar-refractivity contribution in [3.8, 4) is 5.75 Å². The van der Waals surface area contributed by atoms with Crippen LogP contribution in [0.5, 0.6) is 5.75 Å². The van der Waals surface area contributed by atoms with Gasteiger partial charge in [-0.25, -0.2) is 9.97 Å². The van der Waals surface area contributed by atoms with E-state index >= 15 is 0 Å². The number of hydrogen-bond acceptors (Lipinski definition) is 4. The minimum Gasteiger partial charge on any atom is -0.497 e. The minimum absolute atomic E-state index is 0.167. The molecule has 4 aromatic rings. The summed E-state index contributed by atoms with van der Waals surface area (Å²) in [4.78, 5) is 21.7. The smallest absolute Gasteiger partial charge is 0.255 e. The van der Waals surface area contributed by atoms with Crippen LogP contribution >= 0.6 is 0 Å². The number of rotatable bonds is 7. The molecule has 0 saturated carbocycles. The molecule has 4 rings (SSSR count). The number of methoxy groups -OCH3 is 1. The van der Waals surface area contributed by atoms with Crippen LogP contribution in [0.2, 0.25) is 0 Å². The molecule has 0 aliphatic carbocycles. The summed E-state index contributed by atoms with van der Waals surface area (Å²) < 4.78 is 9.47. The Bertz CT molecular complexity index is 1170. The van der Waals surface area contributed by atoms with Crippen LogP contribution in [-0.4, -0.2) is 32.1 Å². The molecule has 0 saturated heterocycles. The fraction of sp³-hybridized carbons (Fsp3) is 0.261. The predicted molar refractivity (Wildman–Crippen MR) is 117 cm³/mol. The third kappa shape index (κ3) is 3.91. The minimum atomic E-state index is -0.167. The first-order chi connectivity index (χ1) is 14.6. The number of amides is 1. The summed E-state index contributed by atoms with van der Waals surface area (Å²) in [7, 11) is 1.60. The van der Waals surface area contributed by atoms with E-state index in [2.05, 4.69) is 26.4 Å². The van der Waals surface area contributed by atoms with Gasteiger partial charge in [0, 0.05) is 30.2 Å².